The summed E-state index contributed by atoms with van der Waals surface area (Å²) in [6.45, 7) is -0.325. The number of aliphatic hydroxyl groups excluding tert-OH is 3. The van der Waals surface area contributed by atoms with E-state index in [9.17, 15) is 10.2 Å². The van der Waals surface area contributed by atoms with Crippen LogP contribution < -0.4 is 0 Å². The third kappa shape index (κ3) is 2.27. The Morgan fingerprint density at radius 3 is 2.67 bits per heavy atom. The molecule has 6 heteroatoms. The summed E-state index contributed by atoms with van der Waals surface area (Å²) in [6.07, 6.45) is -3.01. The minimum absolute atomic E-state index is 0.223. The van der Waals surface area contributed by atoms with Gasteiger partial charge in [-0.2, -0.15) is 0 Å². The summed E-state index contributed by atoms with van der Waals surface area (Å²) in [7, 11) is 0. The summed E-state index contributed by atoms with van der Waals surface area (Å²) in [5.41, 5.74) is 0. The average Bonchev–Trinajstić information content (AvgIpc) is 2.09. The lowest BCUT2D eigenvalue weighted by Gasteiger charge is -2.34. The fourth-order valence-corrected chi connectivity index (χ4v) is 1.45. The molecule has 5 nitrogen and oxygen atoms in total. The van der Waals surface area contributed by atoms with Gasteiger partial charge in [0, 0.05) is 6.42 Å². The van der Waals surface area contributed by atoms with Crippen LogP contribution in [0.4, 0.5) is 0 Å². The van der Waals surface area contributed by atoms with Gasteiger partial charge < -0.3 is 20.1 Å². The van der Waals surface area contributed by atoms with E-state index >= 15 is 0 Å². The lowest BCUT2D eigenvalue weighted by Crippen LogP contribution is -2.49. The molecule has 1 heterocycles. The van der Waals surface area contributed by atoms with Crippen molar-refractivity contribution >= 4 is 23.0 Å². The fraction of sp³-hybridized carbons (Fsp3) is 1.00. The van der Waals surface area contributed by atoms with Gasteiger partial charge >= 0.3 is 0 Å². The number of aliphatic hydroxyl groups is 3. The number of hydrogen-bond acceptors (Lipinski definition) is 5. The highest BCUT2D eigenvalue weighted by atomic mass is 127. The molecule has 72 valence electrons. The van der Waals surface area contributed by atoms with Crippen LogP contribution in [0.5, 0.6) is 0 Å². The second kappa shape index (κ2) is 4.68. The molecule has 1 unspecified atom stereocenters. The van der Waals surface area contributed by atoms with Crippen LogP contribution in [0.15, 0.2) is 0 Å². The number of halogens is 1. The summed E-state index contributed by atoms with van der Waals surface area (Å²) >= 11 is 1.65. The van der Waals surface area contributed by atoms with E-state index in [2.05, 4.69) is 0 Å². The van der Waals surface area contributed by atoms with Crippen molar-refractivity contribution in [1.82, 2.24) is 0 Å². The predicted molar refractivity (Wildman–Crippen MR) is 47.5 cm³/mol. The smallest absolute Gasteiger partial charge is 0.172 e. The zero-order chi connectivity index (χ0) is 9.14. The van der Waals surface area contributed by atoms with Crippen molar-refractivity contribution in [3.63, 3.8) is 0 Å². The summed E-state index contributed by atoms with van der Waals surface area (Å²) in [5.74, 6) is 0. The SMILES string of the molecule is OC[C@H]1OC(OI)C[C@@H](O)[C@H]1O. The Kier molecular flexibility index (Phi) is 4.14. The Balaban J connectivity index is 2.52. The average molecular weight is 290 g/mol. The number of ether oxygens (including phenoxy) is 1. The van der Waals surface area contributed by atoms with Crippen LogP contribution in [-0.2, 0) is 7.80 Å². The molecule has 3 N–H and O–H groups in total. The standard InChI is InChI=1S/C6H11IO5/c7-12-5-1-3(9)6(10)4(2-8)11-5/h3-6,8-10H,1-2H2/t3-,4-,5?,6-/m1/s1. The van der Waals surface area contributed by atoms with Gasteiger partial charge in [-0.05, 0) is 0 Å². The van der Waals surface area contributed by atoms with Crippen LogP contribution in [0.25, 0.3) is 0 Å². The van der Waals surface area contributed by atoms with Crippen molar-refractivity contribution in [2.75, 3.05) is 6.61 Å². The summed E-state index contributed by atoms with van der Waals surface area (Å²) in [4.78, 5) is 0. The van der Waals surface area contributed by atoms with Crippen LogP contribution in [0.1, 0.15) is 6.42 Å². The van der Waals surface area contributed by atoms with Gasteiger partial charge in [-0.1, -0.05) is 0 Å². The minimum Gasteiger partial charge on any atom is -0.394 e. The molecule has 0 saturated carbocycles. The first kappa shape index (κ1) is 10.6. The zero-order valence-corrected chi connectivity index (χ0v) is 8.42. The maximum absolute atomic E-state index is 9.26. The summed E-state index contributed by atoms with van der Waals surface area (Å²) in [6, 6.07) is 0. The van der Waals surface area contributed by atoms with Gasteiger partial charge in [-0.25, -0.2) is 0 Å². The molecule has 0 bridgehead atoms. The van der Waals surface area contributed by atoms with E-state index in [0.29, 0.717) is 0 Å². The van der Waals surface area contributed by atoms with Crippen molar-refractivity contribution < 1.29 is 23.1 Å². The highest BCUT2D eigenvalue weighted by Crippen LogP contribution is 2.22. The van der Waals surface area contributed by atoms with E-state index in [0.717, 1.165) is 0 Å². The lowest BCUT2D eigenvalue weighted by molar-refractivity contribution is -0.220. The van der Waals surface area contributed by atoms with Crippen molar-refractivity contribution in [2.45, 2.75) is 31.0 Å². The van der Waals surface area contributed by atoms with Crippen molar-refractivity contribution in [3.05, 3.63) is 0 Å². The van der Waals surface area contributed by atoms with Gasteiger partial charge in [0.1, 0.15) is 35.2 Å². The van der Waals surface area contributed by atoms with E-state index < -0.39 is 24.6 Å². The van der Waals surface area contributed by atoms with Gasteiger partial charge in [0.15, 0.2) is 6.29 Å². The molecule has 1 rings (SSSR count). The van der Waals surface area contributed by atoms with Crippen LogP contribution in [0.3, 0.4) is 0 Å². The minimum atomic E-state index is -1.03. The third-order valence-electron chi connectivity index (χ3n) is 1.81. The molecule has 0 aliphatic carbocycles. The Hall–Kier alpha value is 0.530. The first-order valence-corrected chi connectivity index (χ1v) is 4.47. The van der Waals surface area contributed by atoms with Gasteiger partial charge in [0.25, 0.3) is 0 Å². The van der Waals surface area contributed by atoms with Crippen LogP contribution in [-0.4, -0.2) is 46.5 Å². The van der Waals surface area contributed by atoms with E-state index in [1.165, 1.54) is 0 Å². The molecule has 12 heavy (non-hydrogen) atoms. The molecule has 0 amide bonds. The van der Waals surface area contributed by atoms with E-state index in [1.807, 2.05) is 0 Å². The first-order valence-electron chi connectivity index (χ1n) is 3.59. The fourth-order valence-electron chi connectivity index (χ4n) is 1.12. The molecule has 0 aromatic carbocycles. The van der Waals surface area contributed by atoms with Crippen molar-refractivity contribution in [1.29, 1.82) is 0 Å². The number of rotatable bonds is 2. The normalized spacial score (nSPS) is 43.0. The zero-order valence-electron chi connectivity index (χ0n) is 6.26. The van der Waals surface area contributed by atoms with E-state index in [1.54, 1.807) is 23.0 Å². The first-order chi connectivity index (χ1) is 5.69. The number of hydrogen-bond donors (Lipinski definition) is 3. The van der Waals surface area contributed by atoms with Crippen LogP contribution >= 0.6 is 23.0 Å². The van der Waals surface area contributed by atoms with Gasteiger partial charge in [-0.3, -0.25) is 3.07 Å². The molecule has 0 aromatic heterocycles. The van der Waals surface area contributed by atoms with Crippen molar-refractivity contribution in [3.8, 4) is 0 Å². The Morgan fingerprint density at radius 2 is 2.17 bits per heavy atom. The molecule has 1 fully saturated rings. The molecule has 1 saturated heterocycles. The molecular weight excluding hydrogens is 279 g/mol. The molecular formula is C6H11IO5. The third-order valence-corrected chi connectivity index (χ3v) is 2.38. The molecule has 4 atom stereocenters. The highest BCUT2D eigenvalue weighted by Gasteiger charge is 2.36. The van der Waals surface area contributed by atoms with Crippen LogP contribution in [0.2, 0.25) is 0 Å². The molecule has 0 spiro atoms. The largest absolute Gasteiger partial charge is 0.394 e. The highest BCUT2D eigenvalue weighted by molar-refractivity contribution is 14.1. The Bertz CT molecular complexity index is 144. The molecule has 1 aliphatic heterocycles. The molecule has 1 aliphatic rings. The maximum Gasteiger partial charge on any atom is 0.172 e. The second-order valence-corrected chi connectivity index (χ2v) is 3.18. The quantitative estimate of drug-likeness (QED) is 0.579. The van der Waals surface area contributed by atoms with Gasteiger partial charge in [0.2, 0.25) is 0 Å². The van der Waals surface area contributed by atoms with Crippen molar-refractivity contribution in [2.24, 2.45) is 0 Å². The van der Waals surface area contributed by atoms with Crippen LogP contribution in [0, 0.1) is 0 Å². The summed E-state index contributed by atoms with van der Waals surface area (Å²) in [5, 5.41) is 27.3. The Morgan fingerprint density at radius 1 is 1.50 bits per heavy atom. The predicted octanol–water partition coefficient (Wildman–Crippen LogP) is -0.818. The maximum atomic E-state index is 9.26. The van der Waals surface area contributed by atoms with E-state index in [4.69, 9.17) is 12.9 Å². The van der Waals surface area contributed by atoms with Gasteiger partial charge in [-0.15, -0.1) is 0 Å². The monoisotopic (exact) mass is 290 g/mol. The summed E-state index contributed by atoms with van der Waals surface area (Å²) < 4.78 is 9.89. The van der Waals surface area contributed by atoms with Gasteiger partial charge in [0.05, 0.1) is 12.7 Å². The van der Waals surface area contributed by atoms with E-state index in [-0.39, 0.29) is 13.0 Å². The molecule has 0 aromatic rings. The molecule has 0 radical (unpaired) electrons. The lowest BCUT2D eigenvalue weighted by atomic mass is 10.0. The second-order valence-electron chi connectivity index (χ2n) is 2.67. The Labute approximate surface area is 84.0 Å². The topological polar surface area (TPSA) is 79.2 Å².